The molecule has 3 rings (SSSR count). The van der Waals surface area contributed by atoms with Crippen LogP contribution in [0.2, 0.25) is 0 Å². The number of aliphatic carboxylic acids is 1. The predicted octanol–water partition coefficient (Wildman–Crippen LogP) is 2.42. The van der Waals surface area contributed by atoms with E-state index in [1.54, 1.807) is 13.2 Å². The fraction of sp³-hybridized carbons (Fsp3) is 0.389. The highest BCUT2D eigenvalue weighted by molar-refractivity contribution is 5.94. The topological polar surface area (TPSA) is 84.2 Å². The molecule has 0 saturated heterocycles. The van der Waals surface area contributed by atoms with Gasteiger partial charge in [0.1, 0.15) is 11.5 Å². The van der Waals surface area contributed by atoms with Crippen LogP contribution < -0.4 is 5.32 Å². The molecule has 0 aliphatic heterocycles. The van der Waals surface area contributed by atoms with Crippen LogP contribution in [-0.2, 0) is 11.8 Å². The minimum Gasteiger partial charge on any atom is -0.481 e. The summed E-state index contributed by atoms with van der Waals surface area (Å²) < 4.78 is 14.6. The lowest BCUT2D eigenvalue weighted by molar-refractivity contribution is -0.138. The highest BCUT2D eigenvalue weighted by atomic mass is 19.1. The number of nitrogens with one attached hydrogen (secondary N) is 1. The summed E-state index contributed by atoms with van der Waals surface area (Å²) in [7, 11) is 1.70. The molecule has 1 heterocycles. The number of aromatic nitrogens is 2. The molecule has 1 unspecified atom stereocenters. The molecule has 1 fully saturated rings. The van der Waals surface area contributed by atoms with Crippen LogP contribution in [0.3, 0.4) is 0 Å². The van der Waals surface area contributed by atoms with E-state index in [-0.39, 0.29) is 12.5 Å². The Morgan fingerprint density at radius 1 is 1.36 bits per heavy atom. The average Bonchev–Trinajstić information content (AvgIpc) is 2.88. The number of carbonyl (C=O) groups is 2. The van der Waals surface area contributed by atoms with E-state index in [4.69, 9.17) is 0 Å². The van der Waals surface area contributed by atoms with E-state index in [1.165, 1.54) is 28.9 Å². The molecule has 25 heavy (non-hydrogen) atoms. The third-order valence-corrected chi connectivity index (χ3v) is 4.76. The average molecular weight is 345 g/mol. The summed E-state index contributed by atoms with van der Waals surface area (Å²) >= 11 is 0. The van der Waals surface area contributed by atoms with Crippen molar-refractivity contribution in [2.24, 2.45) is 7.05 Å². The third-order valence-electron chi connectivity index (χ3n) is 4.76. The maximum Gasteiger partial charge on any atom is 0.312 e. The Kier molecular flexibility index (Phi) is 4.83. The van der Waals surface area contributed by atoms with Crippen LogP contribution in [-0.4, -0.2) is 33.3 Å². The highest BCUT2D eigenvalue weighted by Gasteiger charge is 2.28. The summed E-state index contributed by atoms with van der Waals surface area (Å²) in [6.45, 7) is -0.0743. The second kappa shape index (κ2) is 7.04. The van der Waals surface area contributed by atoms with E-state index in [2.05, 4.69) is 10.4 Å². The SMILES string of the molecule is Cn1ncc(C2CCC2)c1C(=O)NCC(C(=O)O)c1ccc(F)cc1. The quantitative estimate of drug-likeness (QED) is 0.842. The lowest BCUT2D eigenvalue weighted by Crippen LogP contribution is -2.33. The molecule has 0 radical (unpaired) electrons. The van der Waals surface area contributed by atoms with Crippen LogP contribution in [0, 0.1) is 5.82 Å². The molecule has 1 aromatic carbocycles. The van der Waals surface area contributed by atoms with Gasteiger partial charge in [-0.25, -0.2) is 4.39 Å². The van der Waals surface area contributed by atoms with Gasteiger partial charge in [-0.15, -0.1) is 0 Å². The molecule has 1 saturated carbocycles. The van der Waals surface area contributed by atoms with E-state index >= 15 is 0 Å². The van der Waals surface area contributed by atoms with E-state index in [0.717, 1.165) is 24.8 Å². The molecule has 2 aromatic rings. The molecule has 1 amide bonds. The summed E-state index contributed by atoms with van der Waals surface area (Å²) in [5.41, 5.74) is 1.84. The number of benzene rings is 1. The van der Waals surface area contributed by atoms with Gasteiger partial charge in [-0.2, -0.15) is 5.10 Å². The van der Waals surface area contributed by atoms with E-state index < -0.39 is 17.7 Å². The zero-order chi connectivity index (χ0) is 18.0. The van der Waals surface area contributed by atoms with Gasteiger partial charge in [0, 0.05) is 19.2 Å². The van der Waals surface area contributed by atoms with Gasteiger partial charge in [-0.3, -0.25) is 14.3 Å². The lowest BCUT2D eigenvalue weighted by atomic mass is 9.80. The smallest absolute Gasteiger partial charge is 0.312 e. The van der Waals surface area contributed by atoms with Crippen molar-refractivity contribution >= 4 is 11.9 Å². The van der Waals surface area contributed by atoms with Crippen molar-refractivity contribution in [3.05, 3.63) is 53.1 Å². The number of aryl methyl sites for hydroxylation is 1. The summed E-state index contributed by atoms with van der Waals surface area (Å²) in [5, 5.41) is 16.3. The predicted molar refractivity (Wildman–Crippen MR) is 88.9 cm³/mol. The van der Waals surface area contributed by atoms with Crippen LogP contribution in [0.15, 0.2) is 30.5 Å². The summed E-state index contributed by atoms with van der Waals surface area (Å²) in [6.07, 6.45) is 4.94. The maximum atomic E-state index is 13.0. The normalized spacial score (nSPS) is 15.4. The zero-order valence-corrected chi connectivity index (χ0v) is 13.9. The Labute approximate surface area is 144 Å². The summed E-state index contributed by atoms with van der Waals surface area (Å²) in [6, 6.07) is 5.26. The van der Waals surface area contributed by atoms with Crippen LogP contribution >= 0.6 is 0 Å². The van der Waals surface area contributed by atoms with Gasteiger partial charge in [0.2, 0.25) is 0 Å². The standard InChI is InChI=1S/C18H20FN3O3/c1-22-16(14(10-21-22)11-3-2-4-11)17(23)20-9-15(18(24)25)12-5-7-13(19)8-6-12/h5-8,10-11,15H,2-4,9H2,1H3,(H,20,23)(H,24,25). The number of halogens is 1. The Morgan fingerprint density at radius 2 is 2.04 bits per heavy atom. The minimum atomic E-state index is -1.07. The van der Waals surface area contributed by atoms with E-state index in [0.29, 0.717) is 17.2 Å². The molecule has 0 bridgehead atoms. The van der Waals surface area contributed by atoms with Crippen molar-refractivity contribution < 1.29 is 19.1 Å². The maximum absolute atomic E-state index is 13.0. The third kappa shape index (κ3) is 3.55. The Balaban J connectivity index is 1.73. The number of rotatable bonds is 6. The number of hydrogen-bond acceptors (Lipinski definition) is 3. The second-order valence-electron chi connectivity index (χ2n) is 6.35. The van der Waals surface area contributed by atoms with Gasteiger partial charge in [0.05, 0.1) is 12.1 Å². The first-order valence-electron chi connectivity index (χ1n) is 8.25. The first kappa shape index (κ1) is 17.1. The van der Waals surface area contributed by atoms with Crippen LogP contribution in [0.5, 0.6) is 0 Å². The van der Waals surface area contributed by atoms with E-state index in [9.17, 15) is 19.1 Å². The number of carboxylic acid groups (broad SMARTS) is 1. The molecule has 1 aliphatic carbocycles. The van der Waals surface area contributed by atoms with Gasteiger partial charge < -0.3 is 10.4 Å². The minimum absolute atomic E-state index is 0.0743. The Bertz CT molecular complexity index is 781. The fourth-order valence-corrected chi connectivity index (χ4v) is 3.07. The number of carboxylic acids is 1. The fourth-order valence-electron chi connectivity index (χ4n) is 3.07. The Hall–Kier alpha value is -2.70. The van der Waals surface area contributed by atoms with Gasteiger partial charge in [0.25, 0.3) is 5.91 Å². The molecular formula is C18H20FN3O3. The van der Waals surface area contributed by atoms with Crippen molar-refractivity contribution in [3.8, 4) is 0 Å². The lowest BCUT2D eigenvalue weighted by Gasteiger charge is -2.25. The van der Waals surface area contributed by atoms with Gasteiger partial charge in [-0.05, 0) is 36.5 Å². The second-order valence-corrected chi connectivity index (χ2v) is 6.35. The summed E-state index contributed by atoms with van der Waals surface area (Å²) in [5.74, 6) is -2.44. The van der Waals surface area contributed by atoms with Crippen LogP contribution in [0.25, 0.3) is 0 Å². The molecule has 0 spiro atoms. The Morgan fingerprint density at radius 3 is 2.60 bits per heavy atom. The molecule has 6 nitrogen and oxygen atoms in total. The van der Waals surface area contributed by atoms with Crippen LogP contribution in [0.4, 0.5) is 4.39 Å². The van der Waals surface area contributed by atoms with Crippen LogP contribution in [0.1, 0.15) is 52.7 Å². The molecule has 132 valence electrons. The largest absolute Gasteiger partial charge is 0.481 e. The van der Waals surface area contributed by atoms with Crippen molar-refractivity contribution in [1.82, 2.24) is 15.1 Å². The molecule has 7 heteroatoms. The van der Waals surface area contributed by atoms with Crippen molar-refractivity contribution in [2.75, 3.05) is 6.54 Å². The molecular weight excluding hydrogens is 325 g/mol. The molecule has 1 aromatic heterocycles. The van der Waals surface area contributed by atoms with Crippen molar-refractivity contribution in [2.45, 2.75) is 31.1 Å². The molecule has 2 N–H and O–H groups in total. The highest BCUT2D eigenvalue weighted by Crippen LogP contribution is 2.37. The van der Waals surface area contributed by atoms with Crippen molar-refractivity contribution in [3.63, 3.8) is 0 Å². The molecule has 1 atom stereocenters. The number of amides is 1. The van der Waals surface area contributed by atoms with Gasteiger partial charge >= 0.3 is 5.97 Å². The first-order valence-corrected chi connectivity index (χ1v) is 8.25. The number of carbonyl (C=O) groups excluding carboxylic acids is 1. The van der Waals surface area contributed by atoms with Gasteiger partial charge in [-0.1, -0.05) is 18.6 Å². The van der Waals surface area contributed by atoms with Crippen molar-refractivity contribution in [1.29, 1.82) is 0 Å². The number of hydrogen-bond donors (Lipinski definition) is 2. The zero-order valence-electron chi connectivity index (χ0n) is 13.9. The first-order chi connectivity index (χ1) is 12.0. The monoisotopic (exact) mass is 345 g/mol. The number of nitrogens with zero attached hydrogens (tertiary/aromatic N) is 2. The van der Waals surface area contributed by atoms with Gasteiger partial charge in [0.15, 0.2) is 0 Å². The van der Waals surface area contributed by atoms with E-state index in [1.807, 2.05) is 0 Å². The summed E-state index contributed by atoms with van der Waals surface area (Å²) in [4.78, 5) is 24.1. The molecule has 1 aliphatic rings.